The Kier molecular flexibility index (Phi) is 2.47. The van der Waals surface area contributed by atoms with Gasteiger partial charge >= 0.3 is 0 Å². The number of rotatable bonds is 2. The number of ketones is 1. The van der Waals surface area contributed by atoms with Gasteiger partial charge < -0.3 is 4.57 Å². The number of carbonyl (C=O) groups excluding carboxylic acids is 1. The Morgan fingerprint density at radius 1 is 1.44 bits per heavy atom. The predicted octanol–water partition coefficient (Wildman–Crippen LogP) is 2.91. The molecule has 2 saturated carbocycles. The van der Waals surface area contributed by atoms with Crippen molar-refractivity contribution in [1.82, 2.24) is 9.55 Å². The zero-order valence-corrected chi connectivity index (χ0v) is 12.3. The summed E-state index contributed by atoms with van der Waals surface area (Å²) in [6.07, 6.45) is 5.97. The largest absolute Gasteiger partial charge is 0.329 e. The Balaban J connectivity index is 1.95. The lowest BCUT2D eigenvalue weighted by atomic mass is 9.71. The van der Waals surface area contributed by atoms with Crippen LogP contribution in [-0.4, -0.2) is 20.6 Å². The molecule has 2 aliphatic carbocycles. The normalized spacial score (nSPS) is 37.4. The molecule has 0 aliphatic heterocycles. The van der Waals surface area contributed by atoms with Gasteiger partial charge in [-0.1, -0.05) is 32.5 Å². The molecule has 18 heavy (non-hydrogen) atoms. The van der Waals surface area contributed by atoms with Gasteiger partial charge in [0, 0.05) is 25.4 Å². The molecule has 2 bridgehead atoms. The van der Waals surface area contributed by atoms with Gasteiger partial charge in [-0.15, -0.1) is 0 Å². The Bertz CT molecular complexity index is 508. The fourth-order valence-electron chi connectivity index (χ4n) is 3.75. The number of Topliss-reactive ketones (excluding diaryl/α,β-unsaturated/α-hetero) is 1. The van der Waals surface area contributed by atoms with Gasteiger partial charge in [-0.3, -0.25) is 4.79 Å². The second kappa shape index (κ2) is 3.62. The number of aromatic nitrogens is 2. The zero-order valence-electron chi connectivity index (χ0n) is 11.4. The molecule has 1 aromatic rings. The van der Waals surface area contributed by atoms with Crippen molar-refractivity contribution in [1.29, 1.82) is 0 Å². The molecule has 0 saturated heterocycles. The van der Waals surface area contributed by atoms with Crippen molar-refractivity contribution < 1.29 is 4.79 Å². The lowest BCUT2D eigenvalue weighted by Crippen LogP contribution is -2.35. The van der Waals surface area contributed by atoms with Crippen LogP contribution in [0.2, 0.25) is 0 Å². The molecule has 98 valence electrons. The van der Waals surface area contributed by atoms with E-state index in [2.05, 4.69) is 25.8 Å². The maximum absolute atomic E-state index is 12.6. The third-order valence-corrected chi connectivity index (χ3v) is 7.07. The lowest BCUT2D eigenvalue weighted by Gasteiger charge is -2.37. The van der Waals surface area contributed by atoms with Crippen LogP contribution in [0.4, 0.5) is 0 Å². The molecule has 0 radical (unpaired) electrons. The van der Waals surface area contributed by atoms with E-state index >= 15 is 0 Å². The highest BCUT2D eigenvalue weighted by Crippen LogP contribution is 2.67. The summed E-state index contributed by atoms with van der Waals surface area (Å²) in [5, 5.41) is 1.03. The number of aryl methyl sites for hydroxylation is 1. The molecular formula is C14H20N2OS. The zero-order chi connectivity index (χ0) is 13.1. The van der Waals surface area contributed by atoms with Crippen LogP contribution in [0.5, 0.6) is 0 Å². The fraction of sp³-hybridized carbons (Fsp3) is 0.714. The minimum absolute atomic E-state index is 0.0762. The highest BCUT2D eigenvalue weighted by molar-refractivity contribution is 8.00. The average Bonchev–Trinajstić information content (AvgIpc) is 2.82. The summed E-state index contributed by atoms with van der Waals surface area (Å²) in [4.78, 5) is 16.9. The number of hydrogen-bond donors (Lipinski definition) is 0. The first-order valence-corrected chi connectivity index (χ1v) is 7.43. The van der Waals surface area contributed by atoms with Crippen molar-refractivity contribution in [2.75, 3.05) is 0 Å². The van der Waals surface area contributed by atoms with Crippen molar-refractivity contribution in [2.45, 2.75) is 44.0 Å². The number of carbonyl (C=O) groups is 1. The van der Waals surface area contributed by atoms with Crippen molar-refractivity contribution >= 4 is 17.5 Å². The Morgan fingerprint density at radius 3 is 2.67 bits per heavy atom. The summed E-state index contributed by atoms with van der Waals surface area (Å²) in [5.74, 6) is 0.696. The number of fused-ring (bicyclic) bond motifs is 2. The molecule has 2 fully saturated rings. The van der Waals surface area contributed by atoms with E-state index < -0.39 is 0 Å². The maximum atomic E-state index is 12.6. The molecule has 0 amide bonds. The summed E-state index contributed by atoms with van der Waals surface area (Å²) in [6, 6.07) is 0. The van der Waals surface area contributed by atoms with Gasteiger partial charge in [0.15, 0.2) is 5.16 Å². The smallest absolute Gasteiger partial charge is 0.168 e. The molecule has 1 heterocycles. The van der Waals surface area contributed by atoms with Crippen molar-refractivity contribution in [3.05, 3.63) is 12.4 Å². The van der Waals surface area contributed by atoms with Crippen LogP contribution in [0.3, 0.4) is 0 Å². The molecule has 0 aromatic carbocycles. The van der Waals surface area contributed by atoms with E-state index in [-0.39, 0.29) is 22.0 Å². The van der Waals surface area contributed by atoms with Crippen LogP contribution >= 0.6 is 11.8 Å². The molecule has 3 atom stereocenters. The molecule has 1 aromatic heterocycles. The SMILES string of the molecule is Cn1ccnc1S[C@H]1C(=O)[C@H]2CC[C@@]1(C)C2(C)C. The number of hydrogen-bond acceptors (Lipinski definition) is 3. The first-order chi connectivity index (χ1) is 8.38. The van der Waals surface area contributed by atoms with Gasteiger partial charge in [0.2, 0.25) is 0 Å². The quantitative estimate of drug-likeness (QED) is 0.824. The molecule has 0 N–H and O–H groups in total. The van der Waals surface area contributed by atoms with E-state index in [4.69, 9.17) is 0 Å². The summed E-state index contributed by atoms with van der Waals surface area (Å²) in [7, 11) is 1.99. The number of thioether (sulfide) groups is 1. The molecule has 0 spiro atoms. The molecular weight excluding hydrogens is 244 g/mol. The first-order valence-electron chi connectivity index (χ1n) is 6.55. The Labute approximate surface area is 112 Å². The Morgan fingerprint density at radius 2 is 2.17 bits per heavy atom. The van der Waals surface area contributed by atoms with E-state index in [9.17, 15) is 4.79 Å². The molecule has 2 aliphatic rings. The van der Waals surface area contributed by atoms with E-state index in [0.717, 1.165) is 11.6 Å². The van der Waals surface area contributed by atoms with Crippen molar-refractivity contribution in [3.63, 3.8) is 0 Å². The van der Waals surface area contributed by atoms with Gasteiger partial charge in [0.1, 0.15) is 5.78 Å². The third-order valence-electron chi connectivity index (χ3n) is 5.48. The summed E-state index contributed by atoms with van der Waals surface area (Å²) >= 11 is 1.66. The minimum Gasteiger partial charge on any atom is -0.329 e. The van der Waals surface area contributed by atoms with E-state index in [0.29, 0.717) is 5.78 Å². The highest BCUT2D eigenvalue weighted by Gasteiger charge is 2.66. The summed E-state index contributed by atoms with van der Waals surface area (Å²) in [5.41, 5.74) is 0.248. The fourth-order valence-corrected chi connectivity index (χ4v) is 5.27. The van der Waals surface area contributed by atoms with Gasteiger partial charge in [0.05, 0.1) is 5.25 Å². The van der Waals surface area contributed by atoms with Gasteiger partial charge in [-0.2, -0.15) is 0 Å². The number of nitrogens with zero attached hydrogens (tertiary/aromatic N) is 2. The first kappa shape index (κ1) is 12.3. The Hall–Kier alpha value is -0.770. The topological polar surface area (TPSA) is 34.9 Å². The monoisotopic (exact) mass is 264 g/mol. The van der Waals surface area contributed by atoms with E-state index in [1.807, 2.05) is 17.8 Å². The van der Waals surface area contributed by atoms with Crippen molar-refractivity contribution in [3.8, 4) is 0 Å². The maximum Gasteiger partial charge on any atom is 0.168 e. The molecule has 3 rings (SSSR count). The highest BCUT2D eigenvalue weighted by atomic mass is 32.2. The molecule has 3 nitrogen and oxygen atoms in total. The third kappa shape index (κ3) is 1.33. The number of imidazole rings is 1. The second-order valence-corrected chi connectivity index (χ2v) is 7.52. The van der Waals surface area contributed by atoms with Crippen LogP contribution in [0.15, 0.2) is 17.6 Å². The standard InChI is InChI=1S/C14H20N2OS/c1-13(2)9-5-6-14(13,3)11(10(9)17)18-12-15-7-8-16(12)4/h7-9,11H,5-6H2,1-4H3/t9-,11+,14-/m1/s1. The van der Waals surface area contributed by atoms with Gasteiger partial charge in [0.25, 0.3) is 0 Å². The average molecular weight is 264 g/mol. The minimum atomic E-state index is 0.0762. The summed E-state index contributed by atoms with van der Waals surface area (Å²) < 4.78 is 2.00. The second-order valence-electron chi connectivity index (χ2n) is 6.45. The van der Waals surface area contributed by atoms with Crippen LogP contribution in [0.1, 0.15) is 33.6 Å². The summed E-state index contributed by atoms with van der Waals surface area (Å²) in [6.45, 7) is 6.82. The van der Waals surface area contributed by atoms with Crippen LogP contribution in [0, 0.1) is 16.7 Å². The van der Waals surface area contributed by atoms with Crippen LogP contribution < -0.4 is 0 Å². The lowest BCUT2D eigenvalue weighted by molar-refractivity contribution is -0.122. The van der Waals surface area contributed by atoms with Crippen LogP contribution in [0.25, 0.3) is 0 Å². The van der Waals surface area contributed by atoms with Crippen LogP contribution in [-0.2, 0) is 11.8 Å². The van der Waals surface area contributed by atoms with E-state index in [1.165, 1.54) is 6.42 Å². The van der Waals surface area contributed by atoms with Gasteiger partial charge in [-0.05, 0) is 23.7 Å². The van der Waals surface area contributed by atoms with Crippen molar-refractivity contribution in [2.24, 2.45) is 23.8 Å². The van der Waals surface area contributed by atoms with E-state index in [1.54, 1.807) is 18.0 Å². The predicted molar refractivity (Wildman–Crippen MR) is 72.5 cm³/mol. The molecule has 0 unspecified atom stereocenters. The van der Waals surface area contributed by atoms with Gasteiger partial charge in [-0.25, -0.2) is 4.98 Å². The molecule has 4 heteroatoms.